The van der Waals surface area contributed by atoms with Crippen LogP contribution in [0.15, 0.2) is 6.20 Å². The van der Waals surface area contributed by atoms with Crippen molar-refractivity contribution < 1.29 is 9.59 Å². The van der Waals surface area contributed by atoms with E-state index in [1.807, 2.05) is 11.5 Å². The zero-order valence-electron chi connectivity index (χ0n) is 10.8. The zero-order chi connectivity index (χ0) is 13.1. The summed E-state index contributed by atoms with van der Waals surface area (Å²) in [5, 5.41) is 2.73. The van der Waals surface area contributed by atoms with E-state index in [0.717, 1.165) is 5.82 Å². The molecule has 18 heavy (non-hydrogen) atoms. The summed E-state index contributed by atoms with van der Waals surface area (Å²) in [5.74, 6) is 0.825. The van der Waals surface area contributed by atoms with Crippen LogP contribution in [0, 0.1) is 0 Å². The Morgan fingerprint density at radius 2 is 2.17 bits per heavy atom. The lowest BCUT2D eigenvalue weighted by Gasteiger charge is -2.17. The van der Waals surface area contributed by atoms with E-state index < -0.39 is 0 Å². The zero-order valence-corrected chi connectivity index (χ0v) is 10.8. The van der Waals surface area contributed by atoms with Gasteiger partial charge in [0, 0.05) is 45.7 Å². The number of hydrogen-bond donors (Lipinski definition) is 1. The summed E-state index contributed by atoms with van der Waals surface area (Å²) in [4.78, 5) is 29.1. The van der Waals surface area contributed by atoms with Crippen LogP contribution in [0.1, 0.15) is 30.2 Å². The summed E-state index contributed by atoms with van der Waals surface area (Å²) in [5.41, 5.74) is 0.461. The first kappa shape index (κ1) is 12.6. The monoisotopic (exact) mass is 250 g/mol. The lowest BCUT2D eigenvalue weighted by molar-refractivity contribution is -0.128. The fourth-order valence-electron chi connectivity index (χ4n) is 2.10. The van der Waals surface area contributed by atoms with Gasteiger partial charge >= 0.3 is 0 Å². The fraction of sp³-hybridized carbons (Fsp3) is 0.583. The Bertz CT molecular complexity index is 441. The topological polar surface area (TPSA) is 67.2 Å². The SMILES string of the molecule is CCNC(=O)c1cn2c(n1)CCN(C(C)=O)CC2. The van der Waals surface area contributed by atoms with Crippen LogP contribution in [0.2, 0.25) is 0 Å². The third kappa shape index (κ3) is 2.52. The number of nitrogens with zero attached hydrogens (tertiary/aromatic N) is 3. The molecule has 0 radical (unpaired) electrons. The first-order chi connectivity index (χ1) is 8.61. The minimum Gasteiger partial charge on any atom is -0.351 e. The van der Waals surface area contributed by atoms with Gasteiger partial charge in [-0.2, -0.15) is 0 Å². The van der Waals surface area contributed by atoms with Crippen molar-refractivity contribution in [2.24, 2.45) is 0 Å². The van der Waals surface area contributed by atoms with Gasteiger partial charge in [-0.3, -0.25) is 9.59 Å². The summed E-state index contributed by atoms with van der Waals surface area (Å²) in [6.45, 7) is 6.09. The first-order valence-corrected chi connectivity index (χ1v) is 6.21. The van der Waals surface area contributed by atoms with E-state index >= 15 is 0 Å². The number of rotatable bonds is 2. The molecule has 2 amide bonds. The lowest BCUT2D eigenvalue weighted by Crippen LogP contribution is -2.31. The Labute approximate surface area is 106 Å². The third-order valence-corrected chi connectivity index (χ3v) is 3.09. The number of nitrogens with one attached hydrogen (secondary N) is 1. The highest BCUT2D eigenvalue weighted by atomic mass is 16.2. The molecule has 2 heterocycles. The standard InChI is InChI=1S/C12H18N4O2/c1-3-13-12(18)10-8-16-7-6-15(9(2)17)5-4-11(16)14-10/h8H,3-7H2,1-2H3,(H,13,18). The minimum atomic E-state index is -0.138. The van der Waals surface area contributed by atoms with Gasteiger partial charge in [0.1, 0.15) is 11.5 Å². The van der Waals surface area contributed by atoms with Crippen LogP contribution in [0.5, 0.6) is 0 Å². The van der Waals surface area contributed by atoms with Crippen LogP contribution in [0.25, 0.3) is 0 Å². The van der Waals surface area contributed by atoms with Crippen molar-refractivity contribution in [1.82, 2.24) is 19.8 Å². The molecule has 1 N–H and O–H groups in total. The van der Waals surface area contributed by atoms with Gasteiger partial charge in [-0.15, -0.1) is 0 Å². The smallest absolute Gasteiger partial charge is 0.271 e. The molecule has 0 unspecified atom stereocenters. The molecule has 98 valence electrons. The molecule has 6 heteroatoms. The Morgan fingerprint density at radius 1 is 1.39 bits per heavy atom. The summed E-state index contributed by atoms with van der Waals surface area (Å²) in [6, 6.07) is 0. The molecule has 0 bridgehead atoms. The van der Waals surface area contributed by atoms with E-state index in [1.54, 1.807) is 18.0 Å². The first-order valence-electron chi connectivity index (χ1n) is 6.21. The lowest BCUT2D eigenvalue weighted by atomic mass is 10.3. The van der Waals surface area contributed by atoms with Gasteiger partial charge in [-0.05, 0) is 6.92 Å². The second-order valence-corrected chi connectivity index (χ2v) is 4.35. The third-order valence-electron chi connectivity index (χ3n) is 3.09. The van der Waals surface area contributed by atoms with Gasteiger partial charge in [0.2, 0.25) is 5.91 Å². The summed E-state index contributed by atoms with van der Waals surface area (Å²) >= 11 is 0. The molecule has 1 aliphatic rings. The van der Waals surface area contributed by atoms with Crippen LogP contribution in [0.3, 0.4) is 0 Å². The molecule has 1 aliphatic heterocycles. The van der Waals surface area contributed by atoms with Crippen LogP contribution in [-0.2, 0) is 17.8 Å². The van der Waals surface area contributed by atoms with Gasteiger partial charge < -0.3 is 14.8 Å². The molecule has 1 aromatic heterocycles. The molecule has 0 aliphatic carbocycles. The maximum Gasteiger partial charge on any atom is 0.271 e. The molecular weight excluding hydrogens is 232 g/mol. The second-order valence-electron chi connectivity index (χ2n) is 4.35. The predicted molar refractivity (Wildman–Crippen MR) is 66.2 cm³/mol. The number of aromatic nitrogens is 2. The second kappa shape index (κ2) is 5.20. The number of carbonyl (C=O) groups excluding carboxylic acids is 2. The highest BCUT2D eigenvalue weighted by Gasteiger charge is 2.19. The molecule has 0 saturated heterocycles. The Balaban J connectivity index is 2.12. The molecule has 0 aromatic carbocycles. The van der Waals surface area contributed by atoms with E-state index in [9.17, 15) is 9.59 Å². The quantitative estimate of drug-likeness (QED) is 0.805. The van der Waals surface area contributed by atoms with Gasteiger partial charge in [0.05, 0.1) is 0 Å². The highest BCUT2D eigenvalue weighted by molar-refractivity contribution is 5.92. The van der Waals surface area contributed by atoms with Crippen molar-refractivity contribution in [1.29, 1.82) is 0 Å². The van der Waals surface area contributed by atoms with E-state index in [4.69, 9.17) is 0 Å². The Hall–Kier alpha value is -1.85. The van der Waals surface area contributed by atoms with E-state index in [0.29, 0.717) is 38.3 Å². The molecule has 1 aromatic rings. The molecular formula is C12H18N4O2. The Kier molecular flexibility index (Phi) is 3.64. The van der Waals surface area contributed by atoms with Gasteiger partial charge in [0.15, 0.2) is 0 Å². The van der Waals surface area contributed by atoms with Crippen LogP contribution < -0.4 is 5.32 Å². The van der Waals surface area contributed by atoms with E-state index in [2.05, 4.69) is 10.3 Å². The average Bonchev–Trinajstić information content (AvgIpc) is 2.63. The maximum absolute atomic E-state index is 11.7. The fourth-order valence-corrected chi connectivity index (χ4v) is 2.10. The van der Waals surface area contributed by atoms with Crippen molar-refractivity contribution in [3.8, 4) is 0 Å². The average molecular weight is 250 g/mol. The van der Waals surface area contributed by atoms with Crippen molar-refractivity contribution in [2.45, 2.75) is 26.8 Å². The highest BCUT2D eigenvalue weighted by Crippen LogP contribution is 2.10. The van der Waals surface area contributed by atoms with Crippen molar-refractivity contribution in [3.63, 3.8) is 0 Å². The molecule has 0 spiro atoms. The molecule has 0 atom stereocenters. The Morgan fingerprint density at radius 3 is 2.83 bits per heavy atom. The normalized spacial score (nSPS) is 14.9. The molecule has 6 nitrogen and oxygen atoms in total. The number of imidazole rings is 1. The van der Waals surface area contributed by atoms with Crippen molar-refractivity contribution in [3.05, 3.63) is 17.7 Å². The van der Waals surface area contributed by atoms with Gasteiger partial charge in [0.25, 0.3) is 5.91 Å². The van der Waals surface area contributed by atoms with Crippen LogP contribution in [-0.4, -0.2) is 45.9 Å². The van der Waals surface area contributed by atoms with Crippen molar-refractivity contribution >= 4 is 11.8 Å². The predicted octanol–water partition coefficient (Wildman–Crippen LogP) is 0.0374. The summed E-state index contributed by atoms with van der Waals surface area (Å²) < 4.78 is 1.97. The van der Waals surface area contributed by atoms with E-state index in [-0.39, 0.29) is 11.8 Å². The largest absolute Gasteiger partial charge is 0.351 e. The van der Waals surface area contributed by atoms with Crippen LogP contribution >= 0.6 is 0 Å². The summed E-state index contributed by atoms with van der Waals surface area (Å²) in [6.07, 6.45) is 2.46. The molecule has 2 rings (SSSR count). The van der Waals surface area contributed by atoms with Crippen molar-refractivity contribution in [2.75, 3.05) is 19.6 Å². The number of fused-ring (bicyclic) bond motifs is 1. The number of hydrogen-bond acceptors (Lipinski definition) is 3. The molecule has 0 fully saturated rings. The maximum atomic E-state index is 11.7. The van der Waals surface area contributed by atoms with Gasteiger partial charge in [-0.1, -0.05) is 0 Å². The minimum absolute atomic E-state index is 0.0877. The van der Waals surface area contributed by atoms with Gasteiger partial charge in [-0.25, -0.2) is 4.98 Å². The molecule has 0 saturated carbocycles. The van der Waals surface area contributed by atoms with E-state index in [1.165, 1.54) is 0 Å². The van der Waals surface area contributed by atoms with Crippen LogP contribution in [0.4, 0.5) is 0 Å². The number of carbonyl (C=O) groups is 2. The summed E-state index contributed by atoms with van der Waals surface area (Å²) in [7, 11) is 0. The number of amides is 2.